The van der Waals surface area contributed by atoms with Crippen molar-refractivity contribution in [2.24, 2.45) is 11.8 Å². The predicted molar refractivity (Wildman–Crippen MR) is 138 cm³/mol. The lowest BCUT2D eigenvalue weighted by atomic mass is 9.79. The fraction of sp³-hybridized carbons (Fsp3) is 0.440. The quantitative estimate of drug-likeness (QED) is 0.506. The van der Waals surface area contributed by atoms with Gasteiger partial charge in [-0.15, -0.1) is 12.4 Å². The SMILES string of the molecule is Cl.O=C(Nc1ccc(Cl)cc1)O[C@@H](C(=O)N1CCC(C2CCNCC2)CC1)c1ccccc1Cl. The molecule has 0 aliphatic carbocycles. The summed E-state index contributed by atoms with van der Waals surface area (Å²) in [6.45, 7) is 3.48. The summed E-state index contributed by atoms with van der Waals surface area (Å²) in [5.41, 5.74) is 1.01. The zero-order chi connectivity index (χ0) is 23.2. The first kappa shape index (κ1) is 26.6. The highest BCUT2D eigenvalue weighted by Gasteiger charge is 2.35. The highest BCUT2D eigenvalue weighted by Crippen LogP contribution is 2.33. The fourth-order valence-corrected chi connectivity index (χ4v) is 5.16. The molecule has 0 spiro atoms. The zero-order valence-corrected chi connectivity index (χ0v) is 21.2. The molecule has 2 aromatic carbocycles. The van der Waals surface area contributed by atoms with Crippen molar-refractivity contribution in [1.82, 2.24) is 10.2 Å². The molecule has 2 aromatic rings. The number of nitrogens with zero attached hydrogens (tertiary/aromatic N) is 1. The molecule has 0 radical (unpaired) electrons. The number of likely N-dealkylation sites (tertiary alicyclic amines) is 1. The second-order valence-electron chi connectivity index (χ2n) is 8.69. The first-order chi connectivity index (χ1) is 16.0. The van der Waals surface area contributed by atoms with E-state index in [9.17, 15) is 9.59 Å². The Hall–Kier alpha value is -1.99. The van der Waals surface area contributed by atoms with Crippen LogP contribution in [0.4, 0.5) is 10.5 Å². The Morgan fingerprint density at radius 2 is 1.56 bits per heavy atom. The van der Waals surface area contributed by atoms with Crippen LogP contribution in [0.25, 0.3) is 0 Å². The second-order valence-corrected chi connectivity index (χ2v) is 9.53. The molecule has 2 heterocycles. The predicted octanol–water partition coefficient (Wildman–Crippen LogP) is 5.94. The lowest BCUT2D eigenvalue weighted by Gasteiger charge is -2.38. The van der Waals surface area contributed by atoms with Crippen molar-refractivity contribution in [2.45, 2.75) is 31.8 Å². The summed E-state index contributed by atoms with van der Waals surface area (Å²) < 4.78 is 5.64. The fourth-order valence-electron chi connectivity index (χ4n) is 4.79. The highest BCUT2D eigenvalue weighted by atomic mass is 35.5. The largest absolute Gasteiger partial charge is 0.431 e. The Morgan fingerprint density at radius 1 is 0.941 bits per heavy atom. The van der Waals surface area contributed by atoms with Gasteiger partial charge in [-0.05, 0) is 80.9 Å². The summed E-state index contributed by atoms with van der Waals surface area (Å²) in [4.78, 5) is 28.0. The third kappa shape index (κ3) is 6.79. The molecule has 0 saturated carbocycles. The number of ether oxygens (including phenoxy) is 1. The zero-order valence-electron chi connectivity index (χ0n) is 18.8. The Bertz CT molecular complexity index is 959. The van der Waals surface area contributed by atoms with Crippen LogP contribution in [0.5, 0.6) is 0 Å². The average Bonchev–Trinajstić information content (AvgIpc) is 2.85. The Kier molecular flexibility index (Phi) is 9.89. The van der Waals surface area contributed by atoms with Gasteiger partial charge in [0.25, 0.3) is 5.91 Å². The van der Waals surface area contributed by atoms with Crippen LogP contribution in [0.3, 0.4) is 0 Å². The van der Waals surface area contributed by atoms with Crippen LogP contribution in [-0.2, 0) is 9.53 Å². The molecule has 6 nitrogen and oxygen atoms in total. The molecule has 4 rings (SSSR count). The molecule has 2 amide bonds. The summed E-state index contributed by atoms with van der Waals surface area (Å²) in [5, 5.41) is 7.03. The Morgan fingerprint density at radius 3 is 2.21 bits per heavy atom. The molecule has 2 fully saturated rings. The number of nitrogens with one attached hydrogen (secondary N) is 2. The van der Waals surface area contributed by atoms with Crippen molar-refractivity contribution in [2.75, 3.05) is 31.5 Å². The summed E-state index contributed by atoms with van der Waals surface area (Å²) in [6, 6.07) is 13.7. The van der Waals surface area contributed by atoms with Crippen LogP contribution in [-0.4, -0.2) is 43.1 Å². The molecular weight excluding hydrogens is 497 g/mol. The van der Waals surface area contributed by atoms with Gasteiger partial charge in [0.15, 0.2) is 0 Å². The van der Waals surface area contributed by atoms with Crippen LogP contribution in [0.15, 0.2) is 48.5 Å². The number of anilines is 1. The van der Waals surface area contributed by atoms with E-state index >= 15 is 0 Å². The number of halogens is 3. The van der Waals surface area contributed by atoms with E-state index in [-0.39, 0.29) is 18.3 Å². The van der Waals surface area contributed by atoms with Crippen LogP contribution in [0.1, 0.15) is 37.4 Å². The summed E-state index contributed by atoms with van der Waals surface area (Å²) in [6.07, 6.45) is 2.52. The number of rotatable bonds is 5. The third-order valence-corrected chi connectivity index (χ3v) is 7.23. The molecule has 2 saturated heterocycles. The standard InChI is InChI=1S/C25H29Cl2N3O3.ClH/c26-19-5-7-20(8-6-19)29-25(32)33-23(21-3-1-2-4-22(21)27)24(31)30-15-11-18(12-16-30)17-9-13-28-14-10-17;/h1-8,17-18,23,28H,9-16H2,(H,29,32);1H/t23-;/m1./s1. The van der Waals surface area contributed by atoms with Crippen LogP contribution >= 0.6 is 35.6 Å². The van der Waals surface area contributed by atoms with Crippen molar-refractivity contribution < 1.29 is 14.3 Å². The maximum absolute atomic E-state index is 13.5. The molecule has 34 heavy (non-hydrogen) atoms. The first-order valence-electron chi connectivity index (χ1n) is 11.5. The molecule has 184 valence electrons. The number of hydrogen-bond acceptors (Lipinski definition) is 4. The molecule has 2 aliphatic heterocycles. The van der Waals surface area contributed by atoms with Gasteiger partial charge in [0.2, 0.25) is 6.10 Å². The highest BCUT2D eigenvalue weighted by molar-refractivity contribution is 6.31. The maximum atomic E-state index is 13.5. The molecule has 0 unspecified atom stereocenters. The number of carbonyl (C=O) groups excluding carboxylic acids is 2. The van der Waals surface area contributed by atoms with Gasteiger partial charge in [-0.3, -0.25) is 10.1 Å². The van der Waals surface area contributed by atoms with Crippen molar-refractivity contribution >= 4 is 53.3 Å². The third-order valence-electron chi connectivity index (χ3n) is 6.63. The van der Waals surface area contributed by atoms with E-state index < -0.39 is 12.2 Å². The van der Waals surface area contributed by atoms with E-state index in [4.69, 9.17) is 27.9 Å². The van der Waals surface area contributed by atoms with E-state index in [0.717, 1.165) is 31.8 Å². The van der Waals surface area contributed by atoms with E-state index in [0.29, 0.717) is 40.3 Å². The van der Waals surface area contributed by atoms with Crippen molar-refractivity contribution in [1.29, 1.82) is 0 Å². The van der Waals surface area contributed by atoms with E-state index in [1.807, 2.05) is 0 Å². The minimum Gasteiger partial charge on any atom is -0.431 e. The van der Waals surface area contributed by atoms with E-state index in [1.54, 1.807) is 53.4 Å². The van der Waals surface area contributed by atoms with Crippen LogP contribution in [0, 0.1) is 11.8 Å². The molecule has 2 aliphatic rings. The molecule has 2 N–H and O–H groups in total. The van der Waals surface area contributed by atoms with E-state index in [1.165, 1.54) is 12.8 Å². The topological polar surface area (TPSA) is 70.7 Å². The number of hydrogen-bond donors (Lipinski definition) is 2. The van der Waals surface area contributed by atoms with Gasteiger partial charge in [-0.1, -0.05) is 41.4 Å². The minimum atomic E-state index is -1.11. The van der Waals surface area contributed by atoms with Gasteiger partial charge in [-0.2, -0.15) is 0 Å². The lowest BCUT2D eigenvalue weighted by molar-refractivity contribution is -0.142. The Labute approximate surface area is 216 Å². The number of benzene rings is 2. The molecule has 1 atom stereocenters. The molecule has 9 heteroatoms. The van der Waals surface area contributed by atoms with Gasteiger partial charge in [0, 0.05) is 34.4 Å². The average molecular weight is 527 g/mol. The maximum Gasteiger partial charge on any atom is 0.412 e. The normalized spacial score (nSPS) is 18.0. The molecule has 0 bridgehead atoms. The van der Waals surface area contributed by atoms with Gasteiger partial charge < -0.3 is 15.0 Å². The van der Waals surface area contributed by atoms with Gasteiger partial charge >= 0.3 is 6.09 Å². The van der Waals surface area contributed by atoms with Crippen molar-refractivity contribution in [3.05, 3.63) is 64.1 Å². The first-order valence-corrected chi connectivity index (χ1v) is 12.2. The number of amides is 2. The summed E-state index contributed by atoms with van der Waals surface area (Å²) in [7, 11) is 0. The van der Waals surface area contributed by atoms with Crippen molar-refractivity contribution in [3.8, 4) is 0 Å². The minimum absolute atomic E-state index is 0. The molecular formula is C25H30Cl3N3O3. The van der Waals surface area contributed by atoms with E-state index in [2.05, 4.69) is 10.6 Å². The number of carbonyl (C=O) groups is 2. The van der Waals surface area contributed by atoms with Gasteiger partial charge in [0.05, 0.1) is 0 Å². The van der Waals surface area contributed by atoms with Crippen LogP contribution in [0.2, 0.25) is 10.0 Å². The summed E-state index contributed by atoms with van der Waals surface area (Å²) in [5.74, 6) is 1.13. The van der Waals surface area contributed by atoms with Gasteiger partial charge in [0.1, 0.15) is 0 Å². The number of piperidine rings is 2. The lowest BCUT2D eigenvalue weighted by Crippen LogP contribution is -2.44. The van der Waals surface area contributed by atoms with Crippen molar-refractivity contribution in [3.63, 3.8) is 0 Å². The Balaban J connectivity index is 0.00000324. The molecule has 0 aromatic heterocycles. The smallest absolute Gasteiger partial charge is 0.412 e. The second kappa shape index (κ2) is 12.6. The van der Waals surface area contributed by atoms with Gasteiger partial charge in [-0.25, -0.2) is 4.79 Å². The summed E-state index contributed by atoms with van der Waals surface area (Å²) >= 11 is 12.3. The van der Waals surface area contributed by atoms with Crippen LogP contribution < -0.4 is 10.6 Å². The monoisotopic (exact) mass is 525 g/mol.